The molecule has 1 heterocycles. The summed E-state index contributed by atoms with van der Waals surface area (Å²) in [6.07, 6.45) is 0. The van der Waals surface area contributed by atoms with E-state index in [1.807, 2.05) is 48.5 Å². The zero-order valence-corrected chi connectivity index (χ0v) is 19.3. The monoisotopic (exact) mass is 474 g/mol. The van der Waals surface area contributed by atoms with Crippen molar-refractivity contribution in [2.75, 3.05) is 13.2 Å². The van der Waals surface area contributed by atoms with Crippen LogP contribution in [0.2, 0.25) is 5.02 Å². The first kappa shape index (κ1) is 23.3. The number of ether oxygens (including phenoxy) is 2. The number of nitrogens with one attached hydrogen (secondary N) is 1. The van der Waals surface area contributed by atoms with Gasteiger partial charge < -0.3 is 14.8 Å². The maximum Gasteiger partial charge on any atom is 0.338 e. The predicted molar refractivity (Wildman–Crippen MR) is 132 cm³/mol. The molecule has 0 saturated heterocycles. The number of fused-ring (bicyclic) bond motifs is 1. The van der Waals surface area contributed by atoms with Crippen LogP contribution in [0.1, 0.15) is 22.8 Å². The van der Waals surface area contributed by atoms with Crippen molar-refractivity contribution in [3.63, 3.8) is 0 Å². The lowest BCUT2D eigenvalue weighted by Crippen LogP contribution is -2.28. The molecule has 1 aromatic heterocycles. The molecule has 1 N–H and O–H groups in total. The average molecular weight is 475 g/mol. The van der Waals surface area contributed by atoms with Crippen molar-refractivity contribution in [2.45, 2.75) is 13.5 Å². The van der Waals surface area contributed by atoms with Gasteiger partial charge in [0.2, 0.25) is 0 Å². The van der Waals surface area contributed by atoms with Crippen molar-refractivity contribution in [1.29, 1.82) is 0 Å². The lowest BCUT2D eigenvalue weighted by molar-refractivity contribution is -0.123. The van der Waals surface area contributed by atoms with Crippen LogP contribution >= 0.6 is 11.6 Å². The zero-order valence-electron chi connectivity index (χ0n) is 18.6. The van der Waals surface area contributed by atoms with Crippen LogP contribution in [0, 0.1) is 0 Å². The summed E-state index contributed by atoms with van der Waals surface area (Å²) in [5, 5.41) is 4.01. The van der Waals surface area contributed by atoms with E-state index in [-0.39, 0.29) is 19.1 Å². The Bertz CT molecular complexity index is 1330. The molecule has 34 heavy (non-hydrogen) atoms. The normalized spacial score (nSPS) is 10.6. The van der Waals surface area contributed by atoms with Gasteiger partial charge in [-0.25, -0.2) is 9.78 Å². The van der Waals surface area contributed by atoms with Crippen LogP contribution < -0.4 is 10.1 Å². The summed E-state index contributed by atoms with van der Waals surface area (Å²) in [6, 6.07) is 23.8. The SMILES string of the molecule is CCOC(=O)c1ccc2nc(-c3ccccc3)cc(OCC(=O)NCc3ccccc3Cl)c2c1. The van der Waals surface area contributed by atoms with E-state index in [1.54, 1.807) is 37.3 Å². The van der Waals surface area contributed by atoms with Crippen LogP contribution in [-0.2, 0) is 16.1 Å². The van der Waals surface area contributed by atoms with Gasteiger partial charge in [-0.1, -0.05) is 60.1 Å². The highest BCUT2D eigenvalue weighted by molar-refractivity contribution is 6.31. The molecule has 6 nitrogen and oxygen atoms in total. The number of halogens is 1. The number of benzene rings is 3. The minimum absolute atomic E-state index is 0.207. The summed E-state index contributed by atoms with van der Waals surface area (Å²) in [5.74, 6) is -0.282. The number of esters is 1. The Kier molecular flexibility index (Phi) is 7.40. The Labute approximate surface area is 202 Å². The molecule has 4 aromatic rings. The summed E-state index contributed by atoms with van der Waals surface area (Å²) >= 11 is 6.16. The fourth-order valence-corrected chi connectivity index (χ4v) is 3.64. The molecular formula is C27H23ClN2O4. The first-order valence-corrected chi connectivity index (χ1v) is 11.2. The van der Waals surface area contributed by atoms with E-state index in [0.717, 1.165) is 11.1 Å². The number of aromatic nitrogens is 1. The number of hydrogen-bond donors (Lipinski definition) is 1. The molecule has 0 aliphatic carbocycles. The van der Waals surface area contributed by atoms with Gasteiger partial charge in [-0.15, -0.1) is 0 Å². The molecule has 0 bridgehead atoms. The molecular weight excluding hydrogens is 452 g/mol. The highest BCUT2D eigenvalue weighted by Gasteiger charge is 2.14. The highest BCUT2D eigenvalue weighted by atomic mass is 35.5. The minimum Gasteiger partial charge on any atom is -0.483 e. The Hall–Kier alpha value is -3.90. The molecule has 0 aliphatic heterocycles. The number of carbonyl (C=O) groups is 2. The van der Waals surface area contributed by atoms with Crippen molar-refractivity contribution in [3.05, 3.63) is 95.0 Å². The van der Waals surface area contributed by atoms with Crippen molar-refractivity contribution in [3.8, 4) is 17.0 Å². The number of nitrogens with zero attached hydrogens (tertiary/aromatic N) is 1. The van der Waals surface area contributed by atoms with Gasteiger partial charge in [-0.05, 0) is 36.8 Å². The second-order valence-electron chi connectivity index (χ2n) is 7.48. The van der Waals surface area contributed by atoms with Crippen molar-refractivity contribution >= 4 is 34.4 Å². The lowest BCUT2D eigenvalue weighted by Gasteiger charge is -2.13. The third-order valence-corrected chi connectivity index (χ3v) is 5.51. The van der Waals surface area contributed by atoms with E-state index in [4.69, 9.17) is 26.1 Å². The van der Waals surface area contributed by atoms with Crippen LogP contribution in [0.5, 0.6) is 5.75 Å². The first-order valence-electron chi connectivity index (χ1n) is 10.9. The molecule has 0 spiro atoms. The van der Waals surface area contributed by atoms with Gasteiger partial charge in [-0.3, -0.25) is 4.79 Å². The molecule has 1 amide bonds. The van der Waals surface area contributed by atoms with Gasteiger partial charge in [0.15, 0.2) is 6.61 Å². The van der Waals surface area contributed by atoms with E-state index in [0.29, 0.717) is 39.5 Å². The molecule has 0 radical (unpaired) electrons. The van der Waals surface area contributed by atoms with E-state index in [1.165, 1.54) is 0 Å². The fourth-order valence-electron chi connectivity index (χ4n) is 3.44. The molecule has 0 saturated carbocycles. The van der Waals surface area contributed by atoms with E-state index < -0.39 is 5.97 Å². The third-order valence-electron chi connectivity index (χ3n) is 5.14. The number of amides is 1. The lowest BCUT2D eigenvalue weighted by atomic mass is 10.1. The quantitative estimate of drug-likeness (QED) is 0.345. The maximum absolute atomic E-state index is 12.5. The van der Waals surface area contributed by atoms with Crippen molar-refractivity contribution in [2.24, 2.45) is 0 Å². The summed E-state index contributed by atoms with van der Waals surface area (Å²) < 4.78 is 11.0. The largest absolute Gasteiger partial charge is 0.483 e. The van der Waals surface area contributed by atoms with Crippen LogP contribution in [0.4, 0.5) is 0 Å². The number of hydrogen-bond acceptors (Lipinski definition) is 5. The second kappa shape index (κ2) is 10.8. The molecule has 0 unspecified atom stereocenters. The van der Waals surface area contributed by atoms with Crippen molar-refractivity contribution in [1.82, 2.24) is 10.3 Å². The topological polar surface area (TPSA) is 77.5 Å². The van der Waals surface area contributed by atoms with Crippen LogP contribution in [0.25, 0.3) is 22.2 Å². The summed E-state index contributed by atoms with van der Waals surface area (Å²) in [6.45, 7) is 2.11. The Balaban J connectivity index is 1.60. The fraction of sp³-hybridized carbons (Fsp3) is 0.148. The third kappa shape index (κ3) is 5.53. The molecule has 0 atom stereocenters. The second-order valence-corrected chi connectivity index (χ2v) is 7.89. The number of pyridine rings is 1. The smallest absolute Gasteiger partial charge is 0.338 e. The van der Waals surface area contributed by atoms with Crippen molar-refractivity contribution < 1.29 is 19.1 Å². The van der Waals surface area contributed by atoms with Gasteiger partial charge in [0, 0.05) is 28.6 Å². The first-order chi connectivity index (χ1) is 16.5. The Morgan fingerprint density at radius 3 is 2.50 bits per heavy atom. The molecule has 7 heteroatoms. The molecule has 172 valence electrons. The summed E-state index contributed by atoms with van der Waals surface area (Å²) in [7, 11) is 0. The average Bonchev–Trinajstić information content (AvgIpc) is 2.87. The van der Waals surface area contributed by atoms with E-state index in [2.05, 4.69) is 5.32 Å². The van der Waals surface area contributed by atoms with Gasteiger partial charge in [0.1, 0.15) is 5.75 Å². The van der Waals surface area contributed by atoms with Gasteiger partial charge in [-0.2, -0.15) is 0 Å². The summed E-state index contributed by atoms with van der Waals surface area (Å²) in [4.78, 5) is 29.4. The Morgan fingerprint density at radius 1 is 0.971 bits per heavy atom. The van der Waals surface area contributed by atoms with Gasteiger partial charge >= 0.3 is 5.97 Å². The summed E-state index contributed by atoms with van der Waals surface area (Å²) in [5.41, 5.74) is 3.45. The van der Waals surface area contributed by atoms with Gasteiger partial charge in [0.25, 0.3) is 5.91 Å². The predicted octanol–water partition coefficient (Wildman–Crippen LogP) is 5.43. The molecule has 4 rings (SSSR count). The molecule has 3 aromatic carbocycles. The zero-order chi connectivity index (χ0) is 23.9. The molecule has 0 fully saturated rings. The van der Waals surface area contributed by atoms with Crippen LogP contribution in [-0.4, -0.2) is 30.1 Å². The minimum atomic E-state index is -0.431. The Morgan fingerprint density at radius 2 is 1.74 bits per heavy atom. The molecule has 0 aliphatic rings. The van der Waals surface area contributed by atoms with E-state index in [9.17, 15) is 9.59 Å². The maximum atomic E-state index is 12.5. The van der Waals surface area contributed by atoms with Crippen LogP contribution in [0.3, 0.4) is 0 Å². The number of rotatable bonds is 8. The standard InChI is InChI=1S/C27H23ClN2O4/c1-2-33-27(32)19-12-13-23-21(14-19)25(15-24(30-23)18-8-4-3-5-9-18)34-17-26(31)29-16-20-10-6-7-11-22(20)28/h3-15H,2,16-17H2,1H3,(H,29,31). The van der Waals surface area contributed by atoms with Crippen LogP contribution in [0.15, 0.2) is 78.9 Å². The van der Waals surface area contributed by atoms with Gasteiger partial charge in [0.05, 0.1) is 23.4 Å². The highest BCUT2D eigenvalue weighted by Crippen LogP contribution is 2.31. The van der Waals surface area contributed by atoms with E-state index >= 15 is 0 Å². The number of carbonyl (C=O) groups excluding carboxylic acids is 2.